The Hall–Kier alpha value is -0.747. The van der Waals surface area contributed by atoms with Crippen LogP contribution in [0.15, 0.2) is 48.6 Å². The zero-order chi connectivity index (χ0) is 26.4. The van der Waals surface area contributed by atoms with E-state index in [-0.39, 0.29) is 35.6 Å². The van der Waals surface area contributed by atoms with Gasteiger partial charge in [0.2, 0.25) is 0 Å². The summed E-state index contributed by atoms with van der Waals surface area (Å²) in [7, 11) is 0. The molecule has 0 amide bonds. The Balaban J connectivity index is 0.000000194. The van der Waals surface area contributed by atoms with Crippen molar-refractivity contribution < 1.29 is 49.0 Å². The van der Waals surface area contributed by atoms with Crippen LogP contribution in [0.25, 0.3) is 11.1 Å². The van der Waals surface area contributed by atoms with Crippen molar-refractivity contribution in [1.82, 2.24) is 0 Å². The second kappa shape index (κ2) is 13.0. The second-order valence-electron chi connectivity index (χ2n) is 14.1. The Morgan fingerprint density at radius 3 is 1.85 bits per heavy atom. The van der Waals surface area contributed by atoms with Gasteiger partial charge in [0.05, 0.1) is 0 Å². The average molecular weight is 639 g/mol. The van der Waals surface area contributed by atoms with Gasteiger partial charge in [-0.1, -0.05) is 76.3 Å². The number of hydrogen-bond donors (Lipinski definition) is 0. The number of rotatable bonds is 0. The topological polar surface area (TPSA) is 0 Å². The summed E-state index contributed by atoms with van der Waals surface area (Å²) in [5.74, 6) is 4.51. The van der Waals surface area contributed by atoms with Gasteiger partial charge >= 0.3 is 83.2 Å². The molecule has 4 fully saturated rings. The number of halogens is 2. The molecule has 0 aliphatic heterocycles. The normalized spacial score (nSPS) is 25.0. The van der Waals surface area contributed by atoms with E-state index in [1.165, 1.54) is 33.4 Å². The summed E-state index contributed by atoms with van der Waals surface area (Å²) >= 11 is 1.76. The van der Waals surface area contributed by atoms with Gasteiger partial charge in [-0.3, -0.25) is 6.08 Å². The Labute approximate surface area is 265 Å². The van der Waals surface area contributed by atoms with Crippen LogP contribution in [0.2, 0.25) is 0 Å². The van der Waals surface area contributed by atoms with E-state index in [2.05, 4.69) is 90.1 Å². The van der Waals surface area contributed by atoms with Crippen LogP contribution in [-0.2, 0) is 41.5 Å². The van der Waals surface area contributed by atoms with Crippen molar-refractivity contribution in [2.75, 3.05) is 0 Å². The molecule has 0 heterocycles. The number of fused-ring (bicyclic) bond motifs is 3. The summed E-state index contributed by atoms with van der Waals surface area (Å²) in [6.45, 7) is 13.6. The predicted octanol–water partition coefficient (Wildman–Crippen LogP) is 3.13. The van der Waals surface area contributed by atoms with Crippen molar-refractivity contribution in [3.8, 4) is 11.1 Å². The molecule has 6 aliphatic carbocycles. The van der Waals surface area contributed by atoms with E-state index >= 15 is 0 Å². The van der Waals surface area contributed by atoms with Crippen LogP contribution in [-0.4, -0.2) is 3.21 Å². The fourth-order valence-electron chi connectivity index (χ4n) is 7.02. The first-order valence-corrected chi connectivity index (χ1v) is 15.7. The van der Waals surface area contributed by atoms with E-state index < -0.39 is 0 Å². The first kappa shape index (κ1) is 32.8. The second-order valence-corrected chi connectivity index (χ2v) is 15.5. The van der Waals surface area contributed by atoms with Crippen molar-refractivity contribution in [2.45, 2.75) is 97.3 Å². The molecule has 2 aromatic rings. The van der Waals surface area contributed by atoms with Crippen LogP contribution in [0.1, 0.15) is 102 Å². The van der Waals surface area contributed by atoms with Gasteiger partial charge in [0.25, 0.3) is 0 Å². The van der Waals surface area contributed by atoms with Crippen molar-refractivity contribution in [3.05, 3.63) is 83.0 Å². The molecule has 0 aromatic heterocycles. The first-order valence-electron chi connectivity index (χ1n) is 14.5. The van der Waals surface area contributed by atoms with Gasteiger partial charge in [-0.25, -0.2) is 12.2 Å². The van der Waals surface area contributed by atoms with Gasteiger partial charge < -0.3 is 24.8 Å². The van der Waals surface area contributed by atoms with E-state index in [0.717, 1.165) is 36.5 Å². The van der Waals surface area contributed by atoms with Crippen molar-refractivity contribution in [1.29, 1.82) is 0 Å². The van der Waals surface area contributed by atoms with Crippen molar-refractivity contribution >= 4 is 3.21 Å². The van der Waals surface area contributed by atoms with Crippen LogP contribution < -0.4 is 24.8 Å². The Kier molecular flexibility index (Phi) is 11.0. The molecule has 4 bridgehead atoms. The van der Waals surface area contributed by atoms with E-state index in [1.54, 1.807) is 56.3 Å². The maximum absolute atomic E-state index is 3.53. The number of allylic oxidation sites excluding steroid dienone is 4. The SMILES string of the molecule is CC(C)(C)c1c[c-]c2c(c1)-c1cc(C(C)(C)C)ccc1C2.[C-]1=CC=CC1.[Cl-].[Cl-].[Zr+2]=[C]1C2CC3CC(C2)CC1C3. The third kappa shape index (κ3) is 7.56. The summed E-state index contributed by atoms with van der Waals surface area (Å²) in [6, 6.07) is 15.1. The van der Waals surface area contributed by atoms with Gasteiger partial charge in [0, 0.05) is 0 Å². The van der Waals surface area contributed by atoms with E-state index in [9.17, 15) is 0 Å². The van der Waals surface area contributed by atoms with Gasteiger partial charge in [-0.05, 0) is 17.4 Å². The minimum absolute atomic E-state index is 0. The Morgan fingerprint density at radius 1 is 0.769 bits per heavy atom. The van der Waals surface area contributed by atoms with Gasteiger partial charge in [-0.15, -0.1) is 12.0 Å². The molecule has 6 aliphatic rings. The van der Waals surface area contributed by atoms with E-state index in [1.807, 2.05) is 15.4 Å². The number of benzene rings is 2. The maximum atomic E-state index is 3.53. The fourth-order valence-corrected chi connectivity index (χ4v) is 8.18. The third-order valence-electron chi connectivity index (χ3n) is 9.13. The van der Waals surface area contributed by atoms with E-state index in [0.29, 0.717) is 0 Å². The van der Waals surface area contributed by atoms with Crippen molar-refractivity contribution in [3.63, 3.8) is 0 Å². The molecule has 0 unspecified atom stereocenters. The summed E-state index contributed by atoms with van der Waals surface area (Å²) in [5, 5.41) is 0. The van der Waals surface area contributed by atoms with Crippen LogP contribution in [0.5, 0.6) is 0 Å². The van der Waals surface area contributed by atoms with Crippen LogP contribution >= 0.6 is 0 Å². The molecule has 0 nitrogen and oxygen atoms in total. The fraction of sp³-hybridized carbons (Fsp3) is 0.528. The molecule has 0 radical (unpaired) electrons. The monoisotopic (exact) mass is 636 g/mol. The zero-order valence-corrected chi connectivity index (χ0v) is 28.6. The number of hydrogen-bond acceptors (Lipinski definition) is 0. The molecule has 39 heavy (non-hydrogen) atoms. The Bertz CT molecular complexity index is 1120. The average Bonchev–Trinajstić information content (AvgIpc) is 3.52. The zero-order valence-electron chi connectivity index (χ0n) is 24.6. The minimum atomic E-state index is 0. The summed E-state index contributed by atoms with van der Waals surface area (Å²) < 4.78 is 1.96. The Morgan fingerprint density at radius 2 is 1.36 bits per heavy atom. The van der Waals surface area contributed by atoms with Crippen molar-refractivity contribution in [2.24, 2.45) is 23.7 Å². The molecule has 0 spiro atoms. The molecule has 4 saturated carbocycles. The predicted molar refractivity (Wildman–Crippen MR) is 155 cm³/mol. The molecular formula is C36H44Cl2Zr-2. The molecular weight excluding hydrogens is 595 g/mol. The van der Waals surface area contributed by atoms with Gasteiger partial charge in [0.15, 0.2) is 0 Å². The molecule has 0 atom stereocenters. The molecule has 2 aromatic carbocycles. The molecule has 0 saturated heterocycles. The summed E-state index contributed by atoms with van der Waals surface area (Å²) in [6.07, 6.45) is 18.9. The third-order valence-corrected chi connectivity index (χ3v) is 11.1. The summed E-state index contributed by atoms with van der Waals surface area (Å²) in [5.41, 5.74) is 8.76. The van der Waals surface area contributed by atoms with Gasteiger partial charge in [-0.2, -0.15) is 35.4 Å². The van der Waals surface area contributed by atoms with Gasteiger partial charge in [0.1, 0.15) is 0 Å². The first-order chi connectivity index (χ1) is 17.5. The van der Waals surface area contributed by atoms with E-state index in [4.69, 9.17) is 0 Å². The molecule has 3 heteroatoms. The van der Waals surface area contributed by atoms with Crippen LogP contribution in [0.4, 0.5) is 0 Å². The quantitative estimate of drug-likeness (QED) is 0.332. The standard InChI is InChI=1S/C21H25.C10H14.C5H5.2ClH.Zr/c1-20(2,3)16-9-7-14-11-15-8-10-17(21(4,5)6)13-19(15)18(14)12-16;1-7-2-9-4-8(1)5-10(3-7)6-9;1-2-4-5-3-1;;;/h7,9-10,12-13H,11H2,1-6H3;7-10H,1-5H2;1-3H,4H2;2*1H;/q-1;;-1;;;+2/p-2. The molecule has 0 N–H and O–H groups in total. The van der Waals surface area contributed by atoms with Crippen LogP contribution in [0.3, 0.4) is 0 Å². The summed E-state index contributed by atoms with van der Waals surface area (Å²) in [4.78, 5) is 0. The van der Waals surface area contributed by atoms with Crippen LogP contribution in [0, 0.1) is 35.8 Å². The molecule has 8 rings (SSSR count). The molecule has 208 valence electrons.